The highest BCUT2D eigenvalue weighted by molar-refractivity contribution is 5.98. The van der Waals surface area contributed by atoms with E-state index in [0.717, 1.165) is 4.90 Å². The zero-order chi connectivity index (χ0) is 52.0. The van der Waals surface area contributed by atoms with Gasteiger partial charge in [-0.1, -0.05) is 13.8 Å². The monoisotopic (exact) mass is 978 g/mol. The van der Waals surface area contributed by atoms with Gasteiger partial charge in [-0.25, -0.2) is 4.98 Å². The fourth-order valence-electron chi connectivity index (χ4n) is 6.99. The van der Waals surface area contributed by atoms with Crippen LogP contribution >= 0.6 is 0 Å². The van der Waals surface area contributed by atoms with Crippen LogP contribution in [0, 0.1) is 5.92 Å². The van der Waals surface area contributed by atoms with Gasteiger partial charge in [0.15, 0.2) is 5.96 Å². The van der Waals surface area contributed by atoms with E-state index in [9.17, 15) is 63.0 Å². The Hall–Kier alpha value is -7.43. The van der Waals surface area contributed by atoms with Gasteiger partial charge in [0, 0.05) is 50.7 Å². The van der Waals surface area contributed by atoms with E-state index >= 15 is 0 Å². The van der Waals surface area contributed by atoms with Crippen LogP contribution < -0.4 is 66.3 Å². The van der Waals surface area contributed by atoms with Crippen molar-refractivity contribution >= 4 is 71.0 Å². The molecular weight excluding hydrogens is 913 g/mol. The smallest absolute Gasteiger partial charge is 0.303 e. The summed E-state index contributed by atoms with van der Waals surface area (Å²) in [4.78, 5) is 155. The van der Waals surface area contributed by atoms with Gasteiger partial charge in [0.05, 0.1) is 12.9 Å². The number of hydrogen-bond acceptors (Lipinski definition) is 15. The van der Waals surface area contributed by atoms with E-state index in [-0.39, 0.29) is 63.3 Å². The molecule has 0 unspecified atom stereocenters. The Bertz CT molecular complexity index is 2010. The second-order valence-corrected chi connectivity index (χ2v) is 16.6. The number of guanidine groups is 1. The van der Waals surface area contributed by atoms with Gasteiger partial charge in [-0.05, 0) is 50.9 Å². The number of aliphatic carboxylic acids is 1. The van der Waals surface area contributed by atoms with Crippen molar-refractivity contribution in [3.63, 3.8) is 0 Å². The summed E-state index contributed by atoms with van der Waals surface area (Å²) in [6.07, 6.45) is 0.192. The lowest BCUT2D eigenvalue weighted by Gasteiger charge is -2.29. The predicted octanol–water partition coefficient (Wildman–Crippen LogP) is -7.24. The minimum Gasteiger partial charge on any atom is -0.481 e. The first-order valence-electron chi connectivity index (χ1n) is 22.0. The number of aromatic amines is 1. The zero-order valence-electron chi connectivity index (χ0n) is 38.4. The SMILES string of the molecule is CC(C)[C@@H](NC(=O)[C@@H](CCCN=C(N)N)NC(=O)[C@@H](CCC(N)=O)NC(=O)[C@@H](Cc1cnc[nH]1)NC(=O)[C@@H](CCC(=O)O)NC(=O)[C@H]1CCCN1C(=O)[C@H](N)CO)C(=O)N[C@H](CCC(N)=O)C(N)=O. The number of carboxylic acid groups (broad SMARTS) is 1. The molecule has 0 radical (unpaired) electrons. The van der Waals surface area contributed by atoms with Crippen LogP contribution in [-0.2, 0) is 59.2 Å². The number of rotatable bonds is 31. The normalized spacial score (nSPS) is 16.2. The second-order valence-electron chi connectivity index (χ2n) is 16.6. The molecule has 2 rings (SSSR count). The molecule has 2 heterocycles. The number of nitrogens with one attached hydrogen (secondary N) is 7. The number of H-pyrrole nitrogens is 1. The van der Waals surface area contributed by atoms with Gasteiger partial charge < -0.3 is 86.4 Å². The average Bonchev–Trinajstić information content (AvgIpc) is 3.99. The molecule has 384 valence electrons. The number of aromatic nitrogens is 2. The highest BCUT2D eigenvalue weighted by Crippen LogP contribution is 2.19. The molecule has 69 heavy (non-hydrogen) atoms. The molecule has 29 heteroatoms. The Morgan fingerprint density at radius 3 is 1.78 bits per heavy atom. The molecule has 1 aliphatic heterocycles. The maximum atomic E-state index is 14.2. The van der Waals surface area contributed by atoms with E-state index in [1.807, 2.05) is 0 Å². The summed E-state index contributed by atoms with van der Waals surface area (Å²) in [6.45, 7) is 2.54. The Morgan fingerprint density at radius 2 is 1.26 bits per heavy atom. The Balaban J connectivity index is 2.46. The summed E-state index contributed by atoms with van der Waals surface area (Å²) in [6, 6.07) is -11.4. The molecule has 0 aromatic carbocycles. The number of aliphatic imine (C=N–C) groups is 1. The number of aliphatic hydroxyl groups excluding tert-OH is 1. The second kappa shape index (κ2) is 28.7. The summed E-state index contributed by atoms with van der Waals surface area (Å²) in [7, 11) is 0. The Morgan fingerprint density at radius 1 is 0.739 bits per heavy atom. The van der Waals surface area contributed by atoms with Crippen molar-refractivity contribution in [2.75, 3.05) is 19.7 Å². The lowest BCUT2D eigenvalue weighted by atomic mass is 10.0. The summed E-state index contributed by atoms with van der Waals surface area (Å²) in [5.74, 6) is -11.3. The molecule has 1 fully saturated rings. The van der Waals surface area contributed by atoms with E-state index in [1.165, 1.54) is 12.5 Å². The van der Waals surface area contributed by atoms with Crippen molar-refractivity contribution in [2.24, 2.45) is 45.3 Å². The largest absolute Gasteiger partial charge is 0.481 e. The van der Waals surface area contributed by atoms with Crippen LogP contribution in [0.5, 0.6) is 0 Å². The number of carbonyl (C=O) groups is 11. The van der Waals surface area contributed by atoms with Gasteiger partial charge in [0.2, 0.25) is 59.1 Å². The summed E-state index contributed by atoms with van der Waals surface area (Å²) in [5, 5.41) is 33.7. The van der Waals surface area contributed by atoms with E-state index in [2.05, 4.69) is 46.9 Å². The number of aliphatic hydroxyl groups is 1. The standard InChI is InChI=1S/C40H66N16O13/c1-19(2)31(38(68)50-22(32(44)62)7-10-28(42)58)55-35(65)23(5-3-13-48-40(45)46)51-33(63)24(8-11-29(43)59)52-36(66)26(15-20-16-47-18-49-20)54-34(64)25(9-12-30(60)61)53-37(67)27-6-4-14-56(27)39(69)21(41)17-57/h16,18-19,21-27,31,57H,3-15,17,41H2,1-2H3,(H2,42,58)(H2,43,59)(H2,44,62)(H,47,49)(H,50,68)(H,51,63)(H,52,66)(H,53,67)(H,54,64)(H,55,65)(H,60,61)(H4,45,46,48)/t21-,22-,23-,24-,25-,26-,27-,31-/m1/s1. The Labute approximate surface area is 396 Å². The maximum absolute atomic E-state index is 14.2. The number of amides is 10. The van der Waals surface area contributed by atoms with Crippen molar-refractivity contribution in [3.05, 3.63) is 18.2 Å². The molecule has 1 aromatic rings. The van der Waals surface area contributed by atoms with Gasteiger partial charge in [-0.15, -0.1) is 0 Å². The lowest BCUT2D eigenvalue weighted by molar-refractivity contribution is -0.141. The number of likely N-dealkylation sites (tertiary alicyclic amines) is 1. The molecular formula is C40H66N16O13. The third-order valence-corrected chi connectivity index (χ3v) is 10.7. The molecule has 1 aliphatic rings. The number of nitrogens with zero attached hydrogens (tertiary/aromatic N) is 3. The van der Waals surface area contributed by atoms with Gasteiger partial charge >= 0.3 is 5.97 Å². The fraction of sp³-hybridized carbons (Fsp3) is 0.625. The quantitative estimate of drug-likeness (QED) is 0.0187. The molecule has 1 aromatic heterocycles. The zero-order valence-corrected chi connectivity index (χ0v) is 38.4. The first-order valence-corrected chi connectivity index (χ1v) is 22.0. The number of primary amides is 3. The van der Waals surface area contributed by atoms with Crippen LogP contribution in [0.25, 0.3) is 0 Å². The van der Waals surface area contributed by atoms with Crippen LogP contribution in [0.3, 0.4) is 0 Å². The van der Waals surface area contributed by atoms with Crippen LogP contribution in [0.4, 0.5) is 0 Å². The van der Waals surface area contributed by atoms with Crippen molar-refractivity contribution < 1.29 is 63.0 Å². The predicted molar refractivity (Wildman–Crippen MR) is 241 cm³/mol. The van der Waals surface area contributed by atoms with Gasteiger partial charge in [0.25, 0.3) is 0 Å². The van der Waals surface area contributed by atoms with Crippen molar-refractivity contribution in [1.82, 2.24) is 46.8 Å². The number of nitrogens with two attached hydrogens (primary N) is 6. The van der Waals surface area contributed by atoms with E-state index in [0.29, 0.717) is 6.42 Å². The average molecular weight is 979 g/mol. The summed E-state index contributed by atoms with van der Waals surface area (Å²) < 4.78 is 0. The number of carboxylic acids is 1. The highest BCUT2D eigenvalue weighted by Gasteiger charge is 2.39. The fourth-order valence-corrected chi connectivity index (χ4v) is 6.99. The van der Waals surface area contributed by atoms with Gasteiger partial charge in [-0.2, -0.15) is 0 Å². The highest BCUT2D eigenvalue weighted by atomic mass is 16.4. The van der Waals surface area contributed by atoms with Gasteiger partial charge in [0.1, 0.15) is 48.3 Å². The molecule has 0 bridgehead atoms. The maximum Gasteiger partial charge on any atom is 0.303 e. The van der Waals surface area contributed by atoms with E-state index in [1.54, 1.807) is 13.8 Å². The lowest BCUT2D eigenvalue weighted by Crippen LogP contribution is -2.61. The molecule has 1 saturated heterocycles. The van der Waals surface area contributed by atoms with E-state index in [4.69, 9.17) is 34.4 Å². The third kappa shape index (κ3) is 20.1. The van der Waals surface area contributed by atoms with Gasteiger partial charge in [-0.3, -0.25) is 57.7 Å². The molecule has 10 amide bonds. The number of carbonyl (C=O) groups excluding carboxylic acids is 10. The number of imidazole rings is 1. The topological polar surface area (TPSA) is 501 Å². The third-order valence-electron chi connectivity index (χ3n) is 10.7. The molecule has 0 aliphatic carbocycles. The van der Waals surface area contributed by atoms with Crippen molar-refractivity contribution in [1.29, 1.82) is 0 Å². The van der Waals surface area contributed by atoms with Crippen molar-refractivity contribution in [2.45, 2.75) is 133 Å². The first kappa shape index (κ1) is 57.7. The minimum atomic E-state index is -1.64. The summed E-state index contributed by atoms with van der Waals surface area (Å²) >= 11 is 0. The Kier molecular flexibility index (Phi) is 24.0. The van der Waals surface area contributed by atoms with Crippen molar-refractivity contribution in [3.8, 4) is 0 Å². The molecule has 8 atom stereocenters. The molecule has 21 N–H and O–H groups in total. The first-order chi connectivity index (χ1) is 32.4. The van der Waals surface area contributed by atoms with E-state index < -0.39 is 152 Å². The molecule has 0 saturated carbocycles. The number of hydrogen-bond donors (Lipinski definition) is 15. The molecule has 0 spiro atoms. The van der Waals surface area contributed by atoms with Crippen LogP contribution in [0.2, 0.25) is 0 Å². The van der Waals surface area contributed by atoms with Crippen LogP contribution in [-0.4, -0.2) is 164 Å². The minimum absolute atomic E-state index is 0.0180. The van der Waals surface area contributed by atoms with Crippen LogP contribution in [0.1, 0.15) is 83.7 Å². The van der Waals surface area contributed by atoms with Crippen LogP contribution in [0.15, 0.2) is 17.5 Å². The summed E-state index contributed by atoms with van der Waals surface area (Å²) in [5.41, 5.74) is 32.9. The molecule has 29 nitrogen and oxygen atoms in total.